The molecule has 122 valence electrons. The van der Waals surface area contributed by atoms with E-state index >= 15 is 0 Å². The van der Waals surface area contributed by atoms with Gasteiger partial charge in [0.1, 0.15) is 10.5 Å². The van der Waals surface area contributed by atoms with Gasteiger partial charge in [-0.2, -0.15) is 0 Å². The molecule has 1 aromatic carbocycles. The van der Waals surface area contributed by atoms with Gasteiger partial charge in [0.2, 0.25) is 0 Å². The van der Waals surface area contributed by atoms with Crippen LogP contribution in [-0.2, 0) is 0 Å². The number of fused-ring (bicyclic) bond motifs is 1. The fraction of sp³-hybridized carbons (Fsp3) is 0.0667. The van der Waals surface area contributed by atoms with E-state index in [2.05, 4.69) is 10.9 Å². The summed E-state index contributed by atoms with van der Waals surface area (Å²) in [6.45, 7) is 1.74. The van der Waals surface area contributed by atoms with Crippen LogP contribution in [0.5, 0.6) is 0 Å². The van der Waals surface area contributed by atoms with E-state index in [1.807, 2.05) is 12.1 Å². The maximum atomic E-state index is 12.2. The van der Waals surface area contributed by atoms with Crippen LogP contribution in [0.1, 0.15) is 25.8 Å². The highest BCUT2D eigenvalue weighted by Crippen LogP contribution is 2.25. The van der Waals surface area contributed by atoms with Crippen LogP contribution in [0.4, 0.5) is 5.00 Å². The lowest BCUT2D eigenvalue weighted by atomic mass is 10.1. The summed E-state index contributed by atoms with van der Waals surface area (Å²) in [5.74, 6) is -1.16. The van der Waals surface area contributed by atoms with Gasteiger partial charge in [-0.15, -0.1) is 0 Å². The smallest absolute Gasteiger partial charge is 0.324 e. The molecule has 24 heavy (non-hydrogen) atoms. The number of hydrogen-bond donors (Lipinski definition) is 2. The van der Waals surface area contributed by atoms with Gasteiger partial charge >= 0.3 is 10.9 Å². The van der Waals surface area contributed by atoms with Crippen LogP contribution in [0.3, 0.4) is 0 Å². The summed E-state index contributed by atoms with van der Waals surface area (Å²) in [6, 6.07) is 9.73. The van der Waals surface area contributed by atoms with E-state index in [1.165, 1.54) is 12.1 Å². The van der Waals surface area contributed by atoms with Crippen LogP contribution in [0, 0.1) is 17.0 Å². The number of hydrazine groups is 1. The number of nitrogens with one attached hydrogen (secondary N) is 2. The van der Waals surface area contributed by atoms with Crippen LogP contribution in [-0.4, -0.2) is 16.7 Å². The molecule has 2 aromatic heterocycles. The number of thiophene rings is 1. The lowest BCUT2D eigenvalue weighted by Gasteiger charge is -2.04. The number of nitrogens with zero attached hydrogens (tertiary/aromatic N) is 1. The molecular weight excluding hydrogens is 334 g/mol. The first-order chi connectivity index (χ1) is 11.5. The first-order valence-corrected chi connectivity index (χ1v) is 7.62. The average Bonchev–Trinajstić information content (AvgIpc) is 3.18. The van der Waals surface area contributed by atoms with Gasteiger partial charge in [0, 0.05) is 17.0 Å². The van der Waals surface area contributed by atoms with Crippen molar-refractivity contribution < 1.29 is 18.9 Å². The molecule has 0 unspecified atom stereocenters. The number of carbonyl (C=O) groups is 2. The minimum absolute atomic E-state index is 0.0914. The van der Waals surface area contributed by atoms with Gasteiger partial charge in [-0.25, -0.2) is 0 Å². The molecule has 0 aliphatic rings. The number of para-hydroxylation sites is 1. The van der Waals surface area contributed by atoms with Crippen molar-refractivity contribution in [3.8, 4) is 0 Å². The monoisotopic (exact) mass is 345 g/mol. The van der Waals surface area contributed by atoms with Crippen molar-refractivity contribution >= 4 is 39.1 Å². The first kappa shape index (κ1) is 15.7. The maximum Gasteiger partial charge on any atom is 0.324 e. The van der Waals surface area contributed by atoms with E-state index in [-0.39, 0.29) is 15.6 Å². The molecule has 0 spiro atoms. The van der Waals surface area contributed by atoms with Crippen molar-refractivity contribution in [1.82, 2.24) is 10.9 Å². The molecule has 9 heteroatoms. The van der Waals surface area contributed by atoms with Crippen LogP contribution in [0.15, 0.2) is 40.8 Å². The van der Waals surface area contributed by atoms with Crippen molar-refractivity contribution in [2.45, 2.75) is 6.92 Å². The maximum absolute atomic E-state index is 12.2. The van der Waals surface area contributed by atoms with Gasteiger partial charge in [-0.3, -0.25) is 30.6 Å². The van der Waals surface area contributed by atoms with Gasteiger partial charge in [-0.1, -0.05) is 29.5 Å². The second kappa shape index (κ2) is 6.13. The summed E-state index contributed by atoms with van der Waals surface area (Å²) in [7, 11) is 0. The number of rotatable bonds is 3. The van der Waals surface area contributed by atoms with E-state index in [0.29, 0.717) is 11.1 Å². The van der Waals surface area contributed by atoms with Crippen molar-refractivity contribution in [1.29, 1.82) is 0 Å². The number of nitro groups is 1. The second-order valence-corrected chi connectivity index (χ2v) is 5.92. The molecule has 0 bridgehead atoms. The van der Waals surface area contributed by atoms with E-state index in [9.17, 15) is 19.7 Å². The van der Waals surface area contributed by atoms with Crippen LogP contribution < -0.4 is 10.9 Å². The normalized spacial score (nSPS) is 10.5. The topological polar surface area (TPSA) is 114 Å². The summed E-state index contributed by atoms with van der Waals surface area (Å²) in [6.07, 6.45) is 0. The van der Waals surface area contributed by atoms with Crippen LogP contribution in [0.25, 0.3) is 11.0 Å². The number of carbonyl (C=O) groups excluding carboxylic acids is 2. The van der Waals surface area contributed by atoms with Gasteiger partial charge in [0.15, 0.2) is 5.76 Å². The Labute approximate surface area is 139 Å². The summed E-state index contributed by atoms with van der Waals surface area (Å²) in [4.78, 5) is 34.2. The quantitative estimate of drug-likeness (QED) is 0.559. The highest BCUT2D eigenvalue weighted by molar-refractivity contribution is 7.17. The zero-order valence-corrected chi connectivity index (χ0v) is 13.2. The molecule has 0 atom stereocenters. The molecule has 2 N–H and O–H groups in total. The van der Waals surface area contributed by atoms with E-state index in [0.717, 1.165) is 16.7 Å². The van der Waals surface area contributed by atoms with E-state index in [1.54, 1.807) is 19.1 Å². The minimum Gasteiger partial charge on any atom is -0.451 e. The average molecular weight is 345 g/mol. The largest absolute Gasteiger partial charge is 0.451 e. The van der Waals surface area contributed by atoms with Crippen LogP contribution in [0.2, 0.25) is 0 Å². The predicted octanol–water partition coefficient (Wildman–Crippen LogP) is 2.79. The Morgan fingerprint density at radius 2 is 1.83 bits per heavy atom. The van der Waals surface area contributed by atoms with E-state index in [4.69, 9.17) is 4.42 Å². The molecular formula is C15H11N3O5S. The Hall–Kier alpha value is -3.20. The fourth-order valence-electron chi connectivity index (χ4n) is 2.17. The third kappa shape index (κ3) is 2.84. The SMILES string of the molecule is Cc1c(C(=O)NNC(=O)c2ccc([N+](=O)[O-])s2)oc2ccccc12. The molecule has 0 saturated carbocycles. The molecule has 3 aromatic rings. The van der Waals surface area contributed by atoms with Crippen molar-refractivity contribution in [3.63, 3.8) is 0 Å². The Bertz CT molecular complexity index is 959. The number of aryl methyl sites for hydroxylation is 1. The zero-order valence-electron chi connectivity index (χ0n) is 12.4. The third-order valence-electron chi connectivity index (χ3n) is 3.34. The van der Waals surface area contributed by atoms with Gasteiger partial charge in [0.25, 0.3) is 5.91 Å². The minimum atomic E-state index is -0.643. The van der Waals surface area contributed by atoms with Crippen LogP contribution >= 0.6 is 11.3 Å². The number of benzene rings is 1. The molecule has 2 heterocycles. The lowest BCUT2D eigenvalue weighted by Crippen LogP contribution is -2.41. The summed E-state index contributed by atoms with van der Waals surface area (Å²) < 4.78 is 5.48. The molecule has 8 nitrogen and oxygen atoms in total. The summed E-state index contributed by atoms with van der Waals surface area (Å²) in [5, 5.41) is 11.3. The molecule has 2 amide bonds. The van der Waals surface area contributed by atoms with E-state index < -0.39 is 16.7 Å². The third-order valence-corrected chi connectivity index (χ3v) is 4.37. The molecule has 0 saturated heterocycles. The number of amides is 2. The van der Waals surface area contributed by atoms with Gasteiger partial charge in [0.05, 0.1) is 4.92 Å². The standard InChI is InChI=1S/C15H11N3O5S/c1-8-9-4-2-3-5-10(9)23-13(8)15(20)17-16-14(19)11-6-7-12(24-11)18(21)22/h2-7H,1H3,(H,16,19)(H,17,20). The number of furan rings is 1. The molecule has 0 aliphatic carbocycles. The Kier molecular flexibility index (Phi) is 4.00. The molecule has 0 radical (unpaired) electrons. The highest BCUT2D eigenvalue weighted by Gasteiger charge is 2.19. The molecule has 0 aliphatic heterocycles. The van der Waals surface area contributed by atoms with Gasteiger partial charge < -0.3 is 4.42 Å². The van der Waals surface area contributed by atoms with Crippen molar-refractivity contribution in [3.05, 3.63) is 62.7 Å². The van der Waals surface area contributed by atoms with Crippen molar-refractivity contribution in [2.24, 2.45) is 0 Å². The fourth-order valence-corrected chi connectivity index (χ4v) is 2.89. The summed E-state index contributed by atoms with van der Waals surface area (Å²) in [5.41, 5.74) is 5.68. The molecule has 0 fully saturated rings. The zero-order chi connectivity index (χ0) is 17.3. The Morgan fingerprint density at radius 1 is 1.12 bits per heavy atom. The molecule has 3 rings (SSSR count). The second-order valence-electron chi connectivity index (χ2n) is 4.86. The number of hydrogen-bond acceptors (Lipinski definition) is 6. The van der Waals surface area contributed by atoms with Gasteiger partial charge in [-0.05, 0) is 19.1 Å². The Morgan fingerprint density at radius 3 is 2.50 bits per heavy atom. The summed E-state index contributed by atoms with van der Waals surface area (Å²) >= 11 is 0.718. The predicted molar refractivity (Wildman–Crippen MR) is 86.9 cm³/mol. The first-order valence-electron chi connectivity index (χ1n) is 6.80. The van der Waals surface area contributed by atoms with Crippen molar-refractivity contribution in [2.75, 3.05) is 0 Å². The highest BCUT2D eigenvalue weighted by atomic mass is 32.1. The lowest BCUT2D eigenvalue weighted by molar-refractivity contribution is -0.380. The Balaban J connectivity index is 1.71.